The number of rotatable bonds is 11. The summed E-state index contributed by atoms with van der Waals surface area (Å²) in [6, 6.07) is 29.0. The van der Waals surface area contributed by atoms with Crippen LogP contribution in [0.25, 0.3) is 0 Å². The van der Waals surface area contributed by atoms with Gasteiger partial charge in [-0.3, -0.25) is 4.90 Å². The summed E-state index contributed by atoms with van der Waals surface area (Å²) in [5.74, 6) is 0.245. The molecule has 0 aliphatic carbocycles. The molecule has 0 saturated heterocycles. The number of carbonyl (C=O) groups is 2. The Hall–Kier alpha value is -4.56. The van der Waals surface area contributed by atoms with E-state index in [2.05, 4.69) is 76.5 Å². The molecule has 0 radical (unpaired) electrons. The first-order chi connectivity index (χ1) is 18.9. The third-order valence-corrected chi connectivity index (χ3v) is 5.92. The van der Waals surface area contributed by atoms with E-state index in [0.29, 0.717) is 12.2 Å². The highest BCUT2D eigenvalue weighted by molar-refractivity contribution is 5.89. The van der Waals surface area contributed by atoms with Crippen LogP contribution in [0.1, 0.15) is 12.8 Å². The molecule has 0 unspecified atom stereocenters. The van der Waals surface area contributed by atoms with Crippen LogP contribution in [0, 0.1) is 0 Å². The summed E-state index contributed by atoms with van der Waals surface area (Å²) in [6.45, 7) is 4.02. The largest absolute Gasteiger partial charge is 0.497 e. The van der Waals surface area contributed by atoms with Crippen LogP contribution in [0.5, 0.6) is 11.5 Å². The second-order valence-electron chi connectivity index (χ2n) is 8.68. The zero-order valence-electron chi connectivity index (χ0n) is 22.0. The Morgan fingerprint density at radius 2 is 1.38 bits per heavy atom. The van der Waals surface area contributed by atoms with Crippen molar-refractivity contribution in [1.82, 2.24) is 4.90 Å². The van der Waals surface area contributed by atoms with E-state index >= 15 is 0 Å². The number of anilines is 2. The highest BCUT2D eigenvalue weighted by Crippen LogP contribution is 2.25. The first-order valence-corrected chi connectivity index (χ1v) is 12.7. The molecule has 0 bridgehead atoms. The molecular formula is C31H34N2O6. The Bertz CT molecular complexity index is 1170. The Morgan fingerprint density at radius 1 is 0.846 bits per heavy atom. The van der Waals surface area contributed by atoms with Gasteiger partial charge in [-0.2, -0.15) is 0 Å². The fourth-order valence-electron chi connectivity index (χ4n) is 4.00. The molecule has 0 aromatic heterocycles. The van der Waals surface area contributed by atoms with Crippen molar-refractivity contribution >= 4 is 23.3 Å². The first-order valence-electron chi connectivity index (χ1n) is 12.7. The molecule has 1 heterocycles. The minimum absolute atomic E-state index is 0.558. The molecule has 8 nitrogen and oxygen atoms in total. The van der Waals surface area contributed by atoms with Crippen molar-refractivity contribution in [3.05, 3.63) is 109 Å². The molecule has 0 saturated carbocycles. The Labute approximate surface area is 229 Å². The first kappa shape index (κ1) is 29.0. The lowest BCUT2D eigenvalue weighted by Gasteiger charge is -2.29. The van der Waals surface area contributed by atoms with Crippen LogP contribution < -0.4 is 14.4 Å². The average Bonchev–Trinajstić information content (AvgIpc) is 2.97. The van der Waals surface area contributed by atoms with Crippen LogP contribution in [-0.4, -0.2) is 60.3 Å². The van der Waals surface area contributed by atoms with Crippen LogP contribution in [0.15, 0.2) is 109 Å². The number of methoxy groups -OCH3 is 1. The van der Waals surface area contributed by atoms with Crippen LogP contribution in [0.3, 0.4) is 0 Å². The number of nitrogens with zero attached hydrogens (tertiary/aromatic N) is 2. The molecule has 3 aromatic carbocycles. The molecule has 0 atom stereocenters. The summed E-state index contributed by atoms with van der Waals surface area (Å²) in [7, 11) is 1.67. The van der Waals surface area contributed by atoms with E-state index in [9.17, 15) is 9.59 Å². The van der Waals surface area contributed by atoms with E-state index in [-0.39, 0.29) is 0 Å². The third-order valence-electron chi connectivity index (χ3n) is 5.92. The van der Waals surface area contributed by atoms with Gasteiger partial charge in [0, 0.05) is 56.1 Å². The Kier molecular flexibility index (Phi) is 11.6. The maximum atomic E-state index is 9.55. The number of hydrogen-bond acceptors (Lipinski definition) is 6. The average molecular weight is 531 g/mol. The van der Waals surface area contributed by atoms with Gasteiger partial charge in [-0.25, -0.2) is 9.59 Å². The zero-order valence-corrected chi connectivity index (χ0v) is 22.0. The highest BCUT2D eigenvalue weighted by Gasteiger charge is 2.14. The van der Waals surface area contributed by atoms with E-state index in [1.165, 1.54) is 11.4 Å². The topological polar surface area (TPSA) is 99.5 Å². The zero-order chi connectivity index (χ0) is 27.9. The fraction of sp³-hybridized carbons (Fsp3) is 0.226. The number of aliphatic carboxylic acids is 2. The molecule has 0 spiro atoms. The van der Waals surface area contributed by atoms with Crippen molar-refractivity contribution in [3.8, 4) is 11.5 Å². The molecule has 1 aliphatic heterocycles. The molecule has 3 aromatic rings. The van der Waals surface area contributed by atoms with Crippen molar-refractivity contribution in [1.29, 1.82) is 0 Å². The summed E-state index contributed by atoms with van der Waals surface area (Å²) in [5, 5.41) is 15.6. The van der Waals surface area contributed by atoms with E-state index in [4.69, 9.17) is 19.7 Å². The molecule has 8 heteroatoms. The standard InChI is InChI=1S/C27H30N2O2.C4H4O4/c1-30-25-13-15-26(16-14-25)31-27-17-21-28(22-18-27)19-8-20-29(23-9-4-2-5-10-23)24-11-6-3-7-12-24;5-3(6)1-2-4(7)8/h2-7,9-17H,8,18-22H2,1H3;1-2H,(H,5,6)(H,7,8). The lowest BCUT2D eigenvalue weighted by Crippen LogP contribution is -2.32. The highest BCUT2D eigenvalue weighted by atomic mass is 16.5. The van der Waals surface area contributed by atoms with Gasteiger partial charge < -0.3 is 24.6 Å². The SMILES string of the molecule is COc1ccc(OC2=CCN(CCCN(c3ccccc3)c3ccccc3)CC2)cc1.O=C(O)C=CC(=O)O. The van der Waals surface area contributed by atoms with Gasteiger partial charge in [0.25, 0.3) is 0 Å². The maximum Gasteiger partial charge on any atom is 0.328 e. The molecular weight excluding hydrogens is 496 g/mol. The van der Waals surface area contributed by atoms with Crippen LogP contribution in [0.4, 0.5) is 11.4 Å². The molecule has 4 rings (SSSR count). The molecule has 1 aliphatic rings. The lowest BCUT2D eigenvalue weighted by atomic mass is 10.2. The normalized spacial score (nSPS) is 13.1. The lowest BCUT2D eigenvalue weighted by molar-refractivity contribution is -0.134. The Balaban J connectivity index is 0.000000459. The van der Waals surface area contributed by atoms with Crippen LogP contribution in [0.2, 0.25) is 0 Å². The number of para-hydroxylation sites is 2. The van der Waals surface area contributed by atoms with Gasteiger partial charge in [0.1, 0.15) is 17.3 Å². The van der Waals surface area contributed by atoms with E-state index in [1.807, 2.05) is 24.3 Å². The van der Waals surface area contributed by atoms with Gasteiger partial charge in [-0.05, 0) is 61.0 Å². The number of carboxylic acids is 2. The van der Waals surface area contributed by atoms with Gasteiger partial charge >= 0.3 is 11.9 Å². The third kappa shape index (κ3) is 10.4. The van der Waals surface area contributed by atoms with E-state index in [1.54, 1.807) is 7.11 Å². The van der Waals surface area contributed by atoms with Crippen molar-refractivity contribution in [2.75, 3.05) is 38.2 Å². The molecule has 2 N–H and O–H groups in total. The second kappa shape index (κ2) is 15.6. The number of ether oxygens (including phenoxy) is 2. The minimum Gasteiger partial charge on any atom is -0.497 e. The molecule has 204 valence electrons. The summed E-state index contributed by atoms with van der Waals surface area (Å²) in [6.07, 6.45) is 5.37. The summed E-state index contributed by atoms with van der Waals surface area (Å²) in [5.41, 5.74) is 2.48. The van der Waals surface area contributed by atoms with Gasteiger partial charge in [0.05, 0.1) is 7.11 Å². The van der Waals surface area contributed by atoms with Gasteiger partial charge in [-0.1, -0.05) is 36.4 Å². The summed E-state index contributed by atoms with van der Waals surface area (Å²) < 4.78 is 11.2. The van der Waals surface area contributed by atoms with E-state index < -0.39 is 11.9 Å². The number of hydrogen-bond donors (Lipinski definition) is 2. The smallest absolute Gasteiger partial charge is 0.328 e. The molecule has 39 heavy (non-hydrogen) atoms. The summed E-state index contributed by atoms with van der Waals surface area (Å²) in [4.78, 5) is 24.0. The monoisotopic (exact) mass is 530 g/mol. The molecule has 0 fully saturated rings. The van der Waals surface area contributed by atoms with Crippen LogP contribution in [-0.2, 0) is 9.59 Å². The maximum absolute atomic E-state index is 9.55. The van der Waals surface area contributed by atoms with E-state index in [0.717, 1.165) is 56.3 Å². The van der Waals surface area contributed by atoms with Crippen molar-refractivity contribution in [2.24, 2.45) is 0 Å². The van der Waals surface area contributed by atoms with Gasteiger partial charge in [0.2, 0.25) is 0 Å². The second-order valence-corrected chi connectivity index (χ2v) is 8.68. The predicted molar refractivity (Wildman–Crippen MR) is 152 cm³/mol. The van der Waals surface area contributed by atoms with Crippen molar-refractivity contribution in [2.45, 2.75) is 12.8 Å². The van der Waals surface area contributed by atoms with Gasteiger partial charge in [-0.15, -0.1) is 0 Å². The van der Waals surface area contributed by atoms with Gasteiger partial charge in [0.15, 0.2) is 0 Å². The Morgan fingerprint density at radius 3 is 1.85 bits per heavy atom. The van der Waals surface area contributed by atoms with Crippen LogP contribution >= 0.6 is 0 Å². The quantitative estimate of drug-likeness (QED) is 0.309. The predicted octanol–water partition coefficient (Wildman–Crippen LogP) is 5.60. The number of benzene rings is 3. The fourth-order valence-corrected chi connectivity index (χ4v) is 4.00. The summed E-state index contributed by atoms with van der Waals surface area (Å²) >= 11 is 0. The van der Waals surface area contributed by atoms with Crippen molar-refractivity contribution in [3.63, 3.8) is 0 Å². The molecule has 0 amide bonds. The van der Waals surface area contributed by atoms with Crippen molar-refractivity contribution < 1.29 is 29.3 Å². The minimum atomic E-state index is -1.26. The number of carboxylic acid groups (broad SMARTS) is 2.